The highest BCUT2D eigenvalue weighted by Crippen LogP contribution is 2.19. The van der Waals surface area contributed by atoms with Gasteiger partial charge < -0.3 is 14.9 Å². The van der Waals surface area contributed by atoms with Crippen LogP contribution in [0.25, 0.3) is 0 Å². The van der Waals surface area contributed by atoms with Crippen molar-refractivity contribution in [2.24, 2.45) is 5.73 Å². The van der Waals surface area contributed by atoms with Crippen LogP contribution in [0.2, 0.25) is 0 Å². The van der Waals surface area contributed by atoms with E-state index >= 15 is 0 Å². The van der Waals surface area contributed by atoms with E-state index in [-0.39, 0.29) is 12.0 Å². The Morgan fingerprint density at radius 2 is 2.47 bits per heavy atom. The summed E-state index contributed by atoms with van der Waals surface area (Å²) in [5.41, 5.74) is 6.34. The molecule has 1 atom stereocenters. The number of carbonyl (C=O) groups is 1. The molecule has 1 aliphatic rings. The van der Waals surface area contributed by atoms with Crippen molar-refractivity contribution < 1.29 is 13.9 Å². The summed E-state index contributed by atoms with van der Waals surface area (Å²) < 4.78 is 10.2. The van der Waals surface area contributed by atoms with Crippen molar-refractivity contribution in [3.8, 4) is 0 Å². The standard InChI is InChI=1S/C12H18N2O3/c1-8-11(12(15)16-2)5-10(17-8)7-14-4-3-9(13)6-14/h5,9H,3-4,6-7,13H2,1-2H3/t9-/m1/s1. The van der Waals surface area contributed by atoms with Crippen LogP contribution in [0.4, 0.5) is 0 Å². The summed E-state index contributed by atoms with van der Waals surface area (Å²) in [6, 6.07) is 2.01. The van der Waals surface area contributed by atoms with Crippen LogP contribution in [-0.2, 0) is 11.3 Å². The summed E-state index contributed by atoms with van der Waals surface area (Å²) in [6.45, 7) is 4.33. The number of hydrogen-bond acceptors (Lipinski definition) is 5. The van der Waals surface area contributed by atoms with Crippen LogP contribution in [-0.4, -0.2) is 37.1 Å². The first-order valence-corrected chi connectivity index (χ1v) is 5.75. The number of hydrogen-bond donors (Lipinski definition) is 1. The maximum atomic E-state index is 11.4. The third-order valence-electron chi connectivity index (χ3n) is 3.06. The van der Waals surface area contributed by atoms with Gasteiger partial charge in [-0.25, -0.2) is 4.79 Å². The Morgan fingerprint density at radius 3 is 3.06 bits per heavy atom. The molecule has 2 heterocycles. The Bertz CT molecular complexity index is 414. The first-order chi connectivity index (χ1) is 8.10. The van der Waals surface area contributed by atoms with Crippen molar-refractivity contribution in [3.63, 3.8) is 0 Å². The molecule has 0 spiro atoms. The van der Waals surface area contributed by atoms with Crippen molar-refractivity contribution in [2.45, 2.75) is 25.9 Å². The summed E-state index contributed by atoms with van der Waals surface area (Å²) in [5, 5.41) is 0. The van der Waals surface area contributed by atoms with Gasteiger partial charge in [-0.3, -0.25) is 4.90 Å². The number of ether oxygens (including phenoxy) is 1. The molecule has 1 aromatic rings. The summed E-state index contributed by atoms with van der Waals surface area (Å²) >= 11 is 0. The summed E-state index contributed by atoms with van der Waals surface area (Å²) in [4.78, 5) is 13.6. The number of furan rings is 1. The minimum absolute atomic E-state index is 0.256. The highest BCUT2D eigenvalue weighted by atomic mass is 16.5. The molecule has 5 heteroatoms. The first kappa shape index (κ1) is 12.1. The van der Waals surface area contributed by atoms with Gasteiger partial charge in [-0.2, -0.15) is 0 Å². The van der Waals surface area contributed by atoms with Gasteiger partial charge in [-0.05, 0) is 19.4 Å². The van der Waals surface area contributed by atoms with Gasteiger partial charge in [-0.15, -0.1) is 0 Å². The second-order valence-electron chi connectivity index (χ2n) is 4.46. The number of esters is 1. The SMILES string of the molecule is COC(=O)c1cc(CN2CC[C@@H](N)C2)oc1C. The lowest BCUT2D eigenvalue weighted by atomic mass is 10.2. The molecule has 0 unspecified atom stereocenters. The average molecular weight is 238 g/mol. The third-order valence-corrected chi connectivity index (χ3v) is 3.06. The third kappa shape index (κ3) is 2.68. The molecule has 0 radical (unpaired) electrons. The van der Waals surface area contributed by atoms with E-state index in [2.05, 4.69) is 9.64 Å². The van der Waals surface area contributed by atoms with Crippen molar-refractivity contribution in [2.75, 3.05) is 20.2 Å². The van der Waals surface area contributed by atoms with Crippen LogP contribution in [0.5, 0.6) is 0 Å². The quantitative estimate of drug-likeness (QED) is 0.793. The Kier molecular flexibility index (Phi) is 3.49. The maximum Gasteiger partial charge on any atom is 0.341 e. The Morgan fingerprint density at radius 1 is 1.71 bits per heavy atom. The fourth-order valence-corrected chi connectivity index (χ4v) is 2.16. The second-order valence-corrected chi connectivity index (χ2v) is 4.46. The number of carbonyl (C=O) groups excluding carboxylic acids is 1. The molecule has 94 valence electrons. The zero-order valence-electron chi connectivity index (χ0n) is 10.2. The number of methoxy groups -OCH3 is 1. The second kappa shape index (κ2) is 4.89. The van der Waals surface area contributed by atoms with Gasteiger partial charge in [0.05, 0.1) is 13.7 Å². The van der Waals surface area contributed by atoms with Crippen LogP contribution in [0.1, 0.15) is 28.3 Å². The topological polar surface area (TPSA) is 68.7 Å². The Labute approximate surface area is 101 Å². The molecule has 2 N–H and O–H groups in total. The van der Waals surface area contributed by atoms with Crippen LogP contribution >= 0.6 is 0 Å². The summed E-state index contributed by atoms with van der Waals surface area (Å²) in [7, 11) is 1.37. The Hall–Kier alpha value is -1.33. The zero-order chi connectivity index (χ0) is 12.4. The van der Waals surface area contributed by atoms with Crippen LogP contribution < -0.4 is 5.73 Å². The summed E-state index contributed by atoms with van der Waals surface area (Å²) in [5.74, 6) is 1.04. The molecule has 1 aromatic heterocycles. The predicted molar refractivity (Wildman–Crippen MR) is 62.7 cm³/mol. The number of likely N-dealkylation sites (tertiary alicyclic amines) is 1. The van der Waals surface area contributed by atoms with E-state index in [0.717, 1.165) is 25.3 Å². The Balaban J connectivity index is 2.05. The number of aryl methyl sites for hydroxylation is 1. The first-order valence-electron chi connectivity index (χ1n) is 5.75. The van der Waals surface area contributed by atoms with Crippen molar-refractivity contribution >= 4 is 5.97 Å². The molecular weight excluding hydrogens is 220 g/mol. The van der Waals surface area contributed by atoms with Gasteiger partial charge in [0.15, 0.2) is 0 Å². The van der Waals surface area contributed by atoms with Crippen molar-refractivity contribution in [1.29, 1.82) is 0 Å². The van der Waals surface area contributed by atoms with Gasteiger partial charge >= 0.3 is 5.97 Å². The van der Waals surface area contributed by atoms with Crippen LogP contribution in [0.3, 0.4) is 0 Å². The summed E-state index contributed by atoms with van der Waals surface area (Å²) in [6.07, 6.45) is 1.02. The molecule has 0 bridgehead atoms. The minimum atomic E-state index is -0.351. The monoisotopic (exact) mass is 238 g/mol. The van der Waals surface area contributed by atoms with Crippen LogP contribution in [0.15, 0.2) is 10.5 Å². The van der Waals surface area contributed by atoms with Crippen molar-refractivity contribution in [1.82, 2.24) is 4.90 Å². The number of nitrogens with two attached hydrogens (primary N) is 1. The largest absolute Gasteiger partial charge is 0.465 e. The van der Waals surface area contributed by atoms with E-state index in [1.165, 1.54) is 7.11 Å². The molecule has 17 heavy (non-hydrogen) atoms. The predicted octanol–water partition coefficient (Wildman–Crippen LogP) is 0.908. The normalized spacial score (nSPS) is 20.8. The molecule has 0 amide bonds. The van der Waals surface area contributed by atoms with E-state index in [4.69, 9.17) is 10.2 Å². The molecule has 1 aliphatic heterocycles. The van der Waals surface area contributed by atoms with Gasteiger partial charge in [0.25, 0.3) is 0 Å². The lowest BCUT2D eigenvalue weighted by Crippen LogP contribution is -2.26. The number of nitrogens with zero attached hydrogens (tertiary/aromatic N) is 1. The van der Waals surface area contributed by atoms with E-state index in [9.17, 15) is 4.79 Å². The minimum Gasteiger partial charge on any atom is -0.465 e. The average Bonchev–Trinajstić information content (AvgIpc) is 2.85. The van der Waals surface area contributed by atoms with E-state index in [1.54, 1.807) is 13.0 Å². The lowest BCUT2D eigenvalue weighted by molar-refractivity contribution is 0.0599. The molecular formula is C12H18N2O3. The molecule has 0 aromatic carbocycles. The fraction of sp³-hybridized carbons (Fsp3) is 0.583. The van der Waals surface area contributed by atoms with Gasteiger partial charge in [0.1, 0.15) is 17.1 Å². The highest BCUT2D eigenvalue weighted by Gasteiger charge is 2.22. The van der Waals surface area contributed by atoms with Crippen LogP contribution in [0, 0.1) is 6.92 Å². The fourth-order valence-electron chi connectivity index (χ4n) is 2.16. The molecule has 5 nitrogen and oxygen atoms in total. The highest BCUT2D eigenvalue weighted by molar-refractivity contribution is 5.90. The molecule has 2 rings (SSSR count). The van der Waals surface area contributed by atoms with E-state index in [0.29, 0.717) is 17.9 Å². The van der Waals surface area contributed by atoms with E-state index in [1.807, 2.05) is 0 Å². The molecule has 1 saturated heterocycles. The maximum absolute atomic E-state index is 11.4. The molecule has 0 saturated carbocycles. The smallest absolute Gasteiger partial charge is 0.341 e. The van der Waals surface area contributed by atoms with E-state index < -0.39 is 0 Å². The molecule has 1 fully saturated rings. The van der Waals surface area contributed by atoms with Gasteiger partial charge in [-0.1, -0.05) is 0 Å². The van der Waals surface area contributed by atoms with Gasteiger partial charge in [0, 0.05) is 19.1 Å². The van der Waals surface area contributed by atoms with Crippen molar-refractivity contribution in [3.05, 3.63) is 23.2 Å². The zero-order valence-corrected chi connectivity index (χ0v) is 10.2. The molecule has 0 aliphatic carbocycles. The van der Waals surface area contributed by atoms with Gasteiger partial charge in [0.2, 0.25) is 0 Å². The lowest BCUT2D eigenvalue weighted by Gasteiger charge is -2.12. The number of rotatable bonds is 3.